The Labute approximate surface area is 124 Å². The highest BCUT2D eigenvalue weighted by atomic mass is 19.4. The van der Waals surface area contributed by atoms with E-state index < -0.39 is 13.4 Å². The van der Waals surface area contributed by atoms with Crippen molar-refractivity contribution in [2.45, 2.75) is 103 Å². The smallest absolute Gasteiger partial charge is 0.182 e. The lowest BCUT2D eigenvalue weighted by Crippen LogP contribution is -2.23. The Morgan fingerprint density at radius 3 is 1.45 bits per heavy atom. The summed E-state index contributed by atoms with van der Waals surface area (Å²) < 4.78 is 37.7. The largest absolute Gasteiger partial charge is 0.341 e. The van der Waals surface area contributed by atoms with Gasteiger partial charge >= 0.3 is 6.08 Å². The van der Waals surface area contributed by atoms with Gasteiger partial charge in [0.2, 0.25) is 0 Å². The zero-order chi connectivity index (χ0) is 15.3. The first-order valence-corrected chi connectivity index (χ1v) is 8.56. The minimum Gasteiger partial charge on any atom is -0.182 e. The summed E-state index contributed by atoms with van der Waals surface area (Å²) in [4.78, 5) is 0. The molecule has 0 aromatic rings. The molecular weight excluding hydrogens is 260 g/mol. The zero-order valence-corrected chi connectivity index (χ0v) is 13.4. The van der Waals surface area contributed by atoms with E-state index in [1.54, 1.807) is 0 Å². The summed E-state index contributed by atoms with van der Waals surface area (Å²) in [5.74, 6) is -0.141. The second kappa shape index (κ2) is 12.6. The van der Waals surface area contributed by atoms with Crippen LogP contribution in [0.3, 0.4) is 0 Å². The summed E-state index contributed by atoms with van der Waals surface area (Å²) in [5, 5.41) is 0. The monoisotopic (exact) mass is 292 g/mol. The normalized spacial score (nSPS) is 12.1. The minimum absolute atomic E-state index is 0.141. The number of alkyl halides is 3. The molecule has 0 heterocycles. The van der Waals surface area contributed by atoms with Crippen LogP contribution in [0.4, 0.5) is 13.2 Å². The number of halogens is 3. The molecule has 120 valence electrons. The van der Waals surface area contributed by atoms with Gasteiger partial charge in [0.15, 0.2) is 0 Å². The summed E-state index contributed by atoms with van der Waals surface area (Å²) in [6, 6.07) is 0. The Balaban J connectivity index is 3.83. The molecule has 0 aliphatic heterocycles. The quantitative estimate of drug-likeness (QED) is 0.270. The third-order valence-electron chi connectivity index (χ3n) is 3.95. The number of hydrogen-bond acceptors (Lipinski definition) is 0. The van der Waals surface area contributed by atoms with Gasteiger partial charge in [-0.25, -0.2) is 0 Å². The average molecular weight is 292 g/mol. The second-order valence-electron chi connectivity index (χ2n) is 6.09. The van der Waals surface area contributed by atoms with Crippen LogP contribution >= 0.6 is 0 Å². The molecule has 0 spiro atoms. The Bertz CT molecular complexity index is 190. The molecular formula is C16H32BF3. The maximum atomic E-state index is 12.6. The van der Waals surface area contributed by atoms with Gasteiger partial charge in [-0.3, -0.25) is 0 Å². The number of unbranched alkanes of at least 4 members (excludes halogenated alkanes) is 8. The molecule has 0 saturated heterocycles. The number of hydrogen-bond donors (Lipinski definition) is 0. The van der Waals surface area contributed by atoms with Gasteiger partial charge in [0.25, 0.3) is 7.28 Å². The van der Waals surface area contributed by atoms with Crippen molar-refractivity contribution in [3.63, 3.8) is 0 Å². The highest BCUT2D eigenvalue weighted by molar-refractivity contribution is 6.40. The predicted octanol–water partition coefficient (Wildman–Crippen LogP) is 6.45. The standard InChI is InChI=1S/C16H32BF3/c1-3-5-7-9-11-13-15(17-16(18,19)20)14-12-10-8-6-4-2/h15,17H,3-14H2,1-2H3. The molecule has 0 nitrogen and oxygen atoms in total. The van der Waals surface area contributed by atoms with E-state index in [4.69, 9.17) is 0 Å². The van der Waals surface area contributed by atoms with E-state index in [9.17, 15) is 13.2 Å². The van der Waals surface area contributed by atoms with Crippen molar-refractivity contribution in [1.82, 2.24) is 0 Å². The molecule has 0 rings (SSSR count). The summed E-state index contributed by atoms with van der Waals surface area (Å²) in [7, 11) is -0.575. The van der Waals surface area contributed by atoms with Crippen LogP contribution in [0.5, 0.6) is 0 Å². The van der Waals surface area contributed by atoms with Gasteiger partial charge in [0, 0.05) is 0 Å². The third kappa shape index (κ3) is 14.3. The molecule has 0 atom stereocenters. The van der Waals surface area contributed by atoms with Crippen LogP contribution in [0.2, 0.25) is 5.82 Å². The third-order valence-corrected chi connectivity index (χ3v) is 3.95. The Hall–Kier alpha value is -0.145. The fourth-order valence-electron chi connectivity index (χ4n) is 2.75. The van der Waals surface area contributed by atoms with Crippen LogP contribution in [0.25, 0.3) is 0 Å². The summed E-state index contributed by atoms with van der Waals surface area (Å²) in [6.45, 7) is 4.31. The molecule has 0 radical (unpaired) electrons. The van der Waals surface area contributed by atoms with Crippen molar-refractivity contribution in [3.8, 4) is 0 Å². The van der Waals surface area contributed by atoms with Gasteiger partial charge in [-0.2, -0.15) is 13.2 Å². The maximum absolute atomic E-state index is 12.6. The molecule has 0 aromatic heterocycles. The van der Waals surface area contributed by atoms with E-state index >= 15 is 0 Å². The minimum atomic E-state index is -3.99. The van der Waals surface area contributed by atoms with Crippen molar-refractivity contribution in [2.75, 3.05) is 0 Å². The molecule has 0 aliphatic carbocycles. The van der Waals surface area contributed by atoms with Crippen molar-refractivity contribution in [2.24, 2.45) is 0 Å². The van der Waals surface area contributed by atoms with Crippen molar-refractivity contribution in [3.05, 3.63) is 0 Å². The molecule has 0 aliphatic rings. The van der Waals surface area contributed by atoms with Crippen LogP contribution < -0.4 is 0 Å². The van der Waals surface area contributed by atoms with Crippen molar-refractivity contribution in [1.29, 1.82) is 0 Å². The SMILES string of the molecule is CCCCCCCC(BC(F)(F)F)CCCCCCC. The van der Waals surface area contributed by atoms with E-state index in [2.05, 4.69) is 13.8 Å². The molecule has 0 unspecified atom stereocenters. The van der Waals surface area contributed by atoms with Gasteiger partial charge in [-0.1, -0.05) is 96.7 Å². The summed E-state index contributed by atoms with van der Waals surface area (Å²) in [6.07, 6.45) is 8.79. The van der Waals surface area contributed by atoms with Crippen LogP contribution in [-0.4, -0.2) is 13.4 Å². The Kier molecular flexibility index (Phi) is 12.5. The lowest BCUT2D eigenvalue weighted by Gasteiger charge is -2.17. The van der Waals surface area contributed by atoms with Gasteiger partial charge in [0.05, 0.1) is 0 Å². The van der Waals surface area contributed by atoms with E-state index in [1.807, 2.05) is 0 Å². The van der Waals surface area contributed by atoms with E-state index in [-0.39, 0.29) is 5.82 Å². The second-order valence-corrected chi connectivity index (χ2v) is 6.09. The van der Waals surface area contributed by atoms with E-state index in [0.717, 1.165) is 38.5 Å². The Morgan fingerprint density at radius 2 is 1.10 bits per heavy atom. The van der Waals surface area contributed by atoms with Gasteiger partial charge in [0.1, 0.15) is 0 Å². The molecule has 0 amide bonds. The van der Waals surface area contributed by atoms with E-state index in [0.29, 0.717) is 0 Å². The highest BCUT2D eigenvalue weighted by Crippen LogP contribution is 2.29. The lowest BCUT2D eigenvalue weighted by molar-refractivity contribution is -0.0485. The first-order valence-electron chi connectivity index (χ1n) is 8.56. The lowest BCUT2D eigenvalue weighted by atomic mass is 9.60. The van der Waals surface area contributed by atoms with Crippen molar-refractivity contribution >= 4 is 7.28 Å². The van der Waals surface area contributed by atoms with E-state index in [1.165, 1.54) is 38.5 Å². The first kappa shape index (κ1) is 19.9. The van der Waals surface area contributed by atoms with Crippen LogP contribution in [0, 0.1) is 0 Å². The van der Waals surface area contributed by atoms with Crippen molar-refractivity contribution < 1.29 is 13.2 Å². The molecule has 20 heavy (non-hydrogen) atoms. The molecule has 0 fully saturated rings. The Morgan fingerprint density at radius 1 is 0.700 bits per heavy atom. The van der Waals surface area contributed by atoms with Gasteiger partial charge in [-0.05, 0) is 0 Å². The fourth-order valence-corrected chi connectivity index (χ4v) is 2.75. The van der Waals surface area contributed by atoms with Gasteiger partial charge < -0.3 is 0 Å². The predicted molar refractivity (Wildman–Crippen MR) is 83.7 cm³/mol. The topological polar surface area (TPSA) is 0 Å². The fraction of sp³-hybridized carbons (Fsp3) is 1.00. The van der Waals surface area contributed by atoms with Crippen LogP contribution in [-0.2, 0) is 0 Å². The zero-order valence-electron chi connectivity index (χ0n) is 13.4. The molecule has 0 N–H and O–H groups in total. The maximum Gasteiger partial charge on any atom is 0.341 e. The molecule has 0 saturated carbocycles. The first-order chi connectivity index (χ1) is 9.49. The van der Waals surface area contributed by atoms with Crippen LogP contribution in [0.1, 0.15) is 90.9 Å². The number of rotatable bonds is 13. The van der Waals surface area contributed by atoms with Gasteiger partial charge in [-0.15, -0.1) is 0 Å². The summed E-state index contributed by atoms with van der Waals surface area (Å²) in [5.41, 5.74) is 0. The molecule has 0 bridgehead atoms. The highest BCUT2D eigenvalue weighted by Gasteiger charge is 2.33. The molecule has 4 heteroatoms. The molecule has 0 aromatic carbocycles. The average Bonchev–Trinajstić information content (AvgIpc) is 2.36. The van der Waals surface area contributed by atoms with Crippen LogP contribution in [0.15, 0.2) is 0 Å². The summed E-state index contributed by atoms with van der Waals surface area (Å²) >= 11 is 0.